The molecule has 2 aliphatic heterocycles. The van der Waals surface area contributed by atoms with Crippen molar-refractivity contribution in [3.05, 3.63) is 46.8 Å². The van der Waals surface area contributed by atoms with Gasteiger partial charge in [0.15, 0.2) is 0 Å². The van der Waals surface area contributed by atoms with E-state index >= 15 is 0 Å². The van der Waals surface area contributed by atoms with Crippen molar-refractivity contribution in [1.82, 2.24) is 20.7 Å². The first kappa shape index (κ1) is 21.8. The number of aromatic nitrogens is 1. The van der Waals surface area contributed by atoms with Gasteiger partial charge in [-0.2, -0.15) is 0 Å². The second-order valence-electron chi connectivity index (χ2n) is 8.69. The van der Waals surface area contributed by atoms with Gasteiger partial charge in [0.1, 0.15) is 11.5 Å². The second kappa shape index (κ2) is 10.3. The summed E-state index contributed by atoms with van der Waals surface area (Å²) in [6, 6.07) is 8.17. The van der Waals surface area contributed by atoms with Crippen LogP contribution in [0.4, 0.5) is 0 Å². The summed E-state index contributed by atoms with van der Waals surface area (Å²) in [5.41, 5.74) is 3.33. The van der Waals surface area contributed by atoms with Gasteiger partial charge in [-0.15, -0.1) is 0 Å². The van der Waals surface area contributed by atoms with Gasteiger partial charge in [0.25, 0.3) is 0 Å². The molecule has 1 amide bonds. The van der Waals surface area contributed by atoms with Gasteiger partial charge >= 0.3 is 0 Å². The fourth-order valence-corrected chi connectivity index (χ4v) is 4.68. The number of ether oxygens (including phenoxy) is 1. The number of carbonyl (C=O) groups is 1. The van der Waals surface area contributed by atoms with Gasteiger partial charge in [-0.1, -0.05) is 23.4 Å². The smallest absolute Gasteiger partial charge is 0.237 e. The molecule has 0 spiro atoms. The van der Waals surface area contributed by atoms with Crippen LogP contribution in [0.1, 0.15) is 54.2 Å². The molecule has 0 radical (unpaired) electrons. The minimum atomic E-state index is -0.143. The molecule has 2 aliphatic rings. The highest BCUT2D eigenvalue weighted by Crippen LogP contribution is 2.34. The summed E-state index contributed by atoms with van der Waals surface area (Å²) in [4.78, 5) is 15.2. The van der Waals surface area contributed by atoms with Crippen molar-refractivity contribution in [3.63, 3.8) is 0 Å². The number of nitrogens with zero attached hydrogens (tertiary/aromatic N) is 2. The Morgan fingerprint density at radius 3 is 2.84 bits per heavy atom. The number of hydrogen-bond acceptors (Lipinski definition) is 6. The zero-order chi connectivity index (χ0) is 21.6. The molecule has 7 nitrogen and oxygen atoms in total. The molecule has 0 unspecified atom stereocenters. The summed E-state index contributed by atoms with van der Waals surface area (Å²) >= 11 is 0. The summed E-state index contributed by atoms with van der Waals surface area (Å²) in [5.74, 6) is 2.29. The first-order chi connectivity index (χ1) is 15.1. The third kappa shape index (κ3) is 5.46. The summed E-state index contributed by atoms with van der Waals surface area (Å²) < 4.78 is 11.6. The molecule has 0 saturated carbocycles. The van der Waals surface area contributed by atoms with Crippen LogP contribution >= 0.6 is 0 Å². The largest absolute Gasteiger partial charge is 0.493 e. The van der Waals surface area contributed by atoms with Gasteiger partial charge in [0.05, 0.1) is 18.3 Å². The topological polar surface area (TPSA) is 79.6 Å². The first-order valence-electron chi connectivity index (χ1n) is 11.5. The monoisotopic (exact) mass is 426 g/mol. The van der Waals surface area contributed by atoms with Crippen LogP contribution in [0.15, 0.2) is 28.8 Å². The summed E-state index contributed by atoms with van der Waals surface area (Å²) in [6.45, 7) is 8.81. The minimum Gasteiger partial charge on any atom is -0.493 e. The maximum absolute atomic E-state index is 12.8. The van der Waals surface area contributed by atoms with Crippen molar-refractivity contribution >= 4 is 5.91 Å². The zero-order valence-electron chi connectivity index (χ0n) is 18.7. The van der Waals surface area contributed by atoms with E-state index in [0.717, 1.165) is 74.6 Å². The molecule has 2 atom stereocenters. The Morgan fingerprint density at radius 1 is 1.16 bits per heavy atom. The quantitative estimate of drug-likeness (QED) is 0.769. The Bertz CT molecular complexity index is 862. The lowest BCUT2D eigenvalue weighted by Gasteiger charge is -2.30. The minimum absolute atomic E-state index is 0.107. The first-order valence-corrected chi connectivity index (χ1v) is 11.5. The van der Waals surface area contributed by atoms with E-state index in [1.807, 2.05) is 19.9 Å². The van der Waals surface area contributed by atoms with E-state index in [4.69, 9.17) is 9.26 Å². The van der Waals surface area contributed by atoms with Crippen LogP contribution in [0.25, 0.3) is 0 Å². The van der Waals surface area contributed by atoms with E-state index in [0.29, 0.717) is 19.1 Å². The number of hydrogen-bond donors (Lipinski definition) is 2. The van der Waals surface area contributed by atoms with Crippen molar-refractivity contribution in [1.29, 1.82) is 0 Å². The van der Waals surface area contributed by atoms with Gasteiger partial charge in [-0.25, -0.2) is 0 Å². The van der Waals surface area contributed by atoms with Crippen LogP contribution < -0.4 is 15.4 Å². The number of benzene rings is 1. The molecular formula is C24H34N4O3. The standard InChI is InChI=1S/C24H34N4O3/c1-17-21(18(2)31-27-17)16-28-12-5-10-26-24(29)22-15-19(9-11-25-22)20-7-3-4-8-23(20)30-14-6-13-28/h3-4,7-8,19,22,25H,5-6,9-16H2,1-2H3,(H,26,29)/t19-,22+/m1/s1. The number of nitrogens with one attached hydrogen (secondary N) is 2. The zero-order valence-corrected chi connectivity index (χ0v) is 18.7. The van der Waals surface area contributed by atoms with Crippen molar-refractivity contribution in [2.75, 3.05) is 32.8 Å². The third-order valence-electron chi connectivity index (χ3n) is 6.47. The third-order valence-corrected chi connectivity index (χ3v) is 6.47. The van der Waals surface area contributed by atoms with Crippen molar-refractivity contribution in [3.8, 4) is 5.75 Å². The lowest BCUT2D eigenvalue weighted by atomic mass is 9.85. The second-order valence-corrected chi connectivity index (χ2v) is 8.69. The molecule has 7 heteroatoms. The van der Waals surface area contributed by atoms with E-state index in [9.17, 15) is 4.79 Å². The van der Waals surface area contributed by atoms with Gasteiger partial charge in [-0.05, 0) is 63.6 Å². The predicted octanol–water partition coefficient (Wildman–Crippen LogP) is 2.92. The van der Waals surface area contributed by atoms with Crippen molar-refractivity contribution in [2.45, 2.75) is 58.0 Å². The molecule has 4 rings (SSSR count). The number of amides is 1. The Hall–Kier alpha value is -2.38. The molecule has 0 aliphatic carbocycles. The van der Waals surface area contributed by atoms with E-state index < -0.39 is 0 Å². The average molecular weight is 427 g/mol. The van der Waals surface area contributed by atoms with E-state index in [1.165, 1.54) is 5.56 Å². The number of piperidine rings is 1. The van der Waals surface area contributed by atoms with Crippen molar-refractivity contribution < 1.29 is 14.1 Å². The van der Waals surface area contributed by atoms with E-state index in [-0.39, 0.29) is 11.9 Å². The molecule has 3 heterocycles. The fraction of sp³-hybridized carbons (Fsp3) is 0.583. The Labute approximate surface area is 184 Å². The molecule has 2 bridgehead atoms. The summed E-state index contributed by atoms with van der Waals surface area (Å²) in [6.07, 6.45) is 3.69. The Kier molecular flexibility index (Phi) is 7.25. The summed E-state index contributed by atoms with van der Waals surface area (Å²) in [7, 11) is 0. The van der Waals surface area contributed by atoms with Crippen LogP contribution in [0, 0.1) is 13.8 Å². The Morgan fingerprint density at radius 2 is 2.00 bits per heavy atom. The maximum atomic E-state index is 12.8. The van der Waals surface area contributed by atoms with Gasteiger partial charge < -0.3 is 19.9 Å². The van der Waals surface area contributed by atoms with Crippen LogP contribution in [0.5, 0.6) is 5.75 Å². The molecule has 31 heavy (non-hydrogen) atoms. The molecule has 2 aromatic rings. The molecule has 1 saturated heterocycles. The maximum Gasteiger partial charge on any atom is 0.237 e. The molecule has 1 aromatic heterocycles. The van der Waals surface area contributed by atoms with E-state index in [2.05, 4.69) is 38.9 Å². The lowest BCUT2D eigenvalue weighted by Crippen LogP contribution is -2.48. The predicted molar refractivity (Wildman–Crippen MR) is 119 cm³/mol. The number of aryl methyl sites for hydroxylation is 2. The average Bonchev–Trinajstić information content (AvgIpc) is 3.10. The number of para-hydroxylation sites is 1. The van der Waals surface area contributed by atoms with Crippen LogP contribution in [-0.4, -0.2) is 54.8 Å². The number of rotatable bonds is 2. The molecular weight excluding hydrogens is 392 g/mol. The highest BCUT2D eigenvalue weighted by atomic mass is 16.5. The highest BCUT2D eigenvalue weighted by Gasteiger charge is 2.29. The van der Waals surface area contributed by atoms with Crippen molar-refractivity contribution in [2.24, 2.45) is 0 Å². The Balaban J connectivity index is 1.48. The molecule has 168 valence electrons. The number of carbonyl (C=O) groups excluding carboxylic acids is 1. The van der Waals surface area contributed by atoms with Gasteiger partial charge in [0.2, 0.25) is 5.91 Å². The highest BCUT2D eigenvalue weighted by molar-refractivity contribution is 5.82. The molecule has 1 fully saturated rings. The lowest BCUT2D eigenvalue weighted by molar-refractivity contribution is -0.123. The number of fused-ring (bicyclic) bond motifs is 4. The SMILES string of the molecule is Cc1noc(C)c1CN1CCCNC(=O)[C@@H]2C[C@@H](CCN2)c2ccccc2OCCC1. The fourth-order valence-electron chi connectivity index (χ4n) is 4.68. The molecule has 2 N–H and O–H groups in total. The normalized spacial score (nSPS) is 23.7. The van der Waals surface area contributed by atoms with E-state index in [1.54, 1.807) is 0 Å². The van der Waals surface area contributed by atoms with Crippen LogP contribution in [0.2, 0.25) is 0 Å². The van der Waals surface area contributed by atoms with Crippen LogP contribution in [-0.2, 0) is 11.3 Å². The van der Waals surface area contributed by atoms with Crippen LogP contribution in [0.3, 0.4) is 0 Å². The molecule has 1 aromatic carbocycles. The van der Waals surface area contributed by atoms with Gasteiger partial charge in [0, 0.05) is 31.7 Å². The van der Waals surface area contributed by atoms with Gasteiger partial charge in [-0.3, -0.25) is 9.69 Å². The summed E-state index contributed by atoms with van der Waals surface area (Å²) in [5, 5.41) is 10.6.